The van der Waals surface area contributed by atoms with Crippen molar-refractivity contribution in [2.24, 2.45) is 11.8 Å². The number of aromatic amines is 1. The SMILES string of the molecule is CN[C@@H](C)C(=O)NC(C(=O)N1C[C@@H](F)C[C@H]1Cn1c(-c2[nH]c3cc(F)ccc3c2C[C@@H]2C[C@H](F)CN2C(=O)C(NC(=O)[C@H](C)NC)C2CC2)nc2cc(F)ccc21)C(C)C. The van der Waals surface area contributed by atoms with Gasteiger partial charge in [0.1, 0.15) is 36.1 Å². The van der Waals surface area contributed by atoms with Crippen LogP contribution in [-0.4, -0.2) is 124 Å². The maximum Gasteiger partial charge on any atom is 0.245 e. The van der Waals surface area contributed by atoms with E-state index in [4.69, 9.17) is 4.98 Å². The fourth-order valence-electron chi connectivity index (χ4n) is 8.68. The standard InChI is InChI=1S/C43H55F4N9O4/c1-21(2)36(52-40(57)22(3)48-5)42(59)55-19-28(47)14-30(55)20-56-35-12-10-26(45)16-34(35)51-39(56)38-32(31-11-9-25(44)15-33(31)50-38)17-29-13-27(46)18-54(29)43(60)37(24-7-8-24)53-41(58)23(4)49-6/h9-12,15-16,21-24,27-30,36-37,48-50H,7-8,13-14,17-20H2,1-6H3,(H,52,57)(H,53,58)/t22-,23-,27-,28-,29-,30-,36?,37?/m0/s1. The van der Waals surface area contributed by atoms with E-state index in [2.05, 4.69) is 26.3 Å². The van der Waals surface area contributed by atoms with Gasteiger partial charge in [-0.3, -0.25) is 19.2 Å². The van der Waals surface area contributed by atoms with E-state index in [9.17, 15) is 28.0 Å². The fraction of sp³-hybridized carbons (Fsp3) is 0.558. The van der Waals surface area contributed by atoms with Crippen LogP contribution < -0.4 is 21.3 Å². The number of halogens is 4. The number of carbonyl (C=O) groups is 4. The van der Waals surface area contributed by atoms with Crippen molar-refractivity contribution in [3.8, 4) is 11.5 Å². The molecule has 0 bridgehead atoms. The van der Waals surface area contributed by atoms with E-state index >= 15 is 8.78 Å². The van der Waals surface area contributed by atoms with Crippen molar-refractivity contribution in [2.75, 3.05) is 27.2 Å². The number of alkyl halides is 2. The van der Waals surface area contributed by atoms with E-state index in [-0.39, 0.29) is 74.0 Å². The summed E-state index contributed by atoms with van der Waals surface area (Å²) in [7, 11) is 3.28. The summed E-state index contributed by atoms with van der Waals surface area (Å²) in [5.41, 5.74) is 2.21. The molecule has 1 aliphatic carbocycles. The highest BCUT2D eigenvalue weighted by atomic mass is 19.1. The lowest BCUT2D eigenvalue weighted by Gasteiger charge is -2.32. The van der Waals surface area contributed by atoms with Crippen LogP contribution in [0, 0.1) is 23.5 Å². The Labute approximate surface area is 346 Å². The van der Waals surface area contributed by atoms with Crippen LogP contribution in [-0.2, 0) is 32.1 Å². The van der Waals surface area contributed by atoms with E-state index in [1.807, 2.05) is 0 Å². The molecule has 2 unspecified atom stereocenters. The van der Waals surface area contributed by atoms with Gasteiger partial charge in [0.2, 0.25) is 23.6 Å². The molecule has 1 saturated carbocycles. The Morgan fingerprint density at radius 2 is 1.42 bits per heavy atom. The number of rotatable bonds is 15. The quantitative estimate of drug-likeness (QED) is 0.113. The smallest absolute Gasteiger partial charge is 0.245 e. The summed E-state index contributed by atoms with van der Waals surface area (Å²) < 4.78 is 62.3. The Bertz CT molecular complexity index is 2110. The molecule has 2 aromatic heterocycles. The zero-order chi connectivity index (χ0) is 43.2. The number of nitrogens with zero attached hydrogens (tertiary/aromatic N) is 4. The highest BCUT2D eigenvalue weighted by Gasteiger charge is 2.45. The number of H-pyrrole nitrogens is 1. The summed E-state index contributed by atoms with van der Waals surface area (Å²) in [5, 5.41) is 12.1. The number of hydrogen-bond donors (Lipinski definition) is 5. The Hall–Kier alpha value is -5.03. The van der Waals surface area contributed by atoms with Crippen molar-refractivity contribution in [1.29, 1.82) is 0 Å². The molecular formula is C43H55F4N9O4. The topological polar surface area (TPSA) is 156 Å². The van der Waals surface area contributed by atoms with E-state index < -0.39 is 66.1 Å². The molecule has 2 aliphatic heterocycles. The van der Waals surface area contributed by atoms with Crippen molar-refractivity contribution in [3.05, 3.63) is 53.6 Å². The second-order valence-corrected chi connectivity index (χ2v) is 17.1. The number of nitrogens with one attached hydrogen (secondary N) is 5. The first kappa shape index (κ1) is 43.1. The largest absolute Gasteiger partial charge is 0.352 e. The molecule has 3 fully saturated rings. The minimum atomic E-state index is -1.36. The molecule has 2 saturated heterocycles. The first-order valence-electron chi connectivity index (χ1n) is 20.9. The highest BCUT2D eigenvalue weighted by Crippen LogP contribution is 2.39. The molecule has 0 radical (unpaired) electrons. The average molecular weight is 838 g/mol. The number of benzene rings is 2. The Morgan fingerprint density at radius 1 is 0.817 bits per heavy atom. The number of imidazole rings is 1. The van der Waals surface area contributed by atoms with Gasteiger partial charge in [0.15, 0.2) is 5.82 Å². The van der Waals surface area contributed by atoms with Crippen molar-refractivity contribution < 1.29 is 36.7 Å². The lowest BCUT2D eigenvalue weighted by atomic mass is 9.99. The van der Waals surface area contributed by atoms with Gasteiger partial charge < -0.3 is 40.6 Å². The zero-order valence-electron chi connectivity index (χ0n) is 34.8. The highest BCUT2D eigenvalue weighted by molar-refractivity contribution is 5.93. The molecule has 17 heteroatoms. The monoisotopic (exact) mass is 837 g/mol. The molecule has 60 heavy (non-hydrogen) atoms. The van der Waals surface area contributed by atoms with Gasteiger partial charge >= 0.3 is 0 Å². The zero-order valence-corrected chi connectivity index (χ0v) is 34.8. The molecule has 324 valence electrons. The molecule has 13 nitrogen and oxygen atoms in total. The Kier molecular flexibility index (Phi) is 12.6. The summed E-state index contributed by atoms with van der Waals surface area (Å²) >= 11 is 0. The molecular weight excluding hydrogens is 783 g/mol. The average Bonchev–Trinajstić information content (AvgIpc) is 3.58. The van der Waals surface area contributed by atoms with Gasteiger partial charge in [0, 0.05) is 42.4 Å². The predicted molar refractivity (Wildman–Crippen MR) is 219 cm³/mol. The fourth-order valence-corrected chi connectivity index (χ4v) is 8.68. The van der Waals surface area contributed by atoms with Gasteiger partial charge in [-0.15, -0.1) is 0 Å². The van der Waals surface area contributed by atoms with Crippen LogP contribution in [0.4, 0.5) is 17.6 Å². The van der Waals surface area contributed by atoms with Gasteiger partial charge in [0.05, 0.1) is 47.9 Å². The van der Waals surface area contributed by atoms with Gasteiger partial charge in [-0.05, 0) is 94.9 Å². The molecule has 2 aromatic carbocycles. The number of likely N-dealkylation sites (tertiary alicyclic amines) is 2. The molecule has 7 rings (SSSR count). The summed E-state index contributed by atoms with van der Waals surface area (Å²) in [6.45, 7) is 6.65. The molecule has 5 N–H and O–H groups in total. The summed E-state index contributed by atoms with van der Waals surface area (Å²) in [4.78, 5) is 65.5. The van der Waals surface area contributed by atoms with Crippen LogP contribution in [0.15, 0.2) is 36.4 Å². The van der Waals surface area contributed by atoms with Crippen molar-refractivity contribution >= 4 is 45.6 Å². The molecule has 4 aromatic rings. The van der Waals surface area contributed by atoms with Crippen LogP contribution in [0.25, 0.3) is 33.5 Å². The number of amides is 4. The molecule has 8 atom stereocenters. The van der Waals surface area contributed by atoms with Crippen LogP contribution in [0.2, 0.25) is 0 Å². The van der Waals surface area contributed by atoms with Crippen LogP contribution in [0.3, 0.4) is 0 Å². The number of aromatic nitrogens is 3. The lowest BCUT2D eigenvalue weighted by Crippen LogP contribution is -2.55. The van der Waals surface area contributed by atoms with E-state index in [0.717, 1.165) is 12.8 Å². The predicted octanol–water partition coefficient (Wildman–Crippen LogP) is 4.13. The summed E-state index contributed by atoms with van der Waals surface area (Å²) in [6, 6.07) is 4.14. The minimum Gasteiger partial charge on any atom is -0.352 e. The number of carbonyl (C=O) groups excluding carboxylic acids is 4. The molecule has 0 spiro atoms. The van der Waals surface area contributed by atoms with E-state index in [0.29, 0.717) is 33.5 Å². The van der Waals surface area contributed by atoms with E-state index in [1.54, 1.807) is 58.5 Å². The van der Waals surface area contributed by atoms with Gasteiger partial charge in [0.25, 0.3) is 0 Å². The first-order valence-corrected chi connectivity index (χ1v) is 20.9. The lowest BCUT2D eigenvalue weighted by molar-refractivity contribution is -0.139. The maximum absolute atomic E-state index is 15.5. The third kappa shape index (κ3) is 8.74. The second kappa shape index (κ2) is 17.5. The minimum absolute atomic E-state index is 0.00860. The summed E-state index contributed by atoms with van der Waals surface area (Å²) in [6.07, 6.45) is -1.03. The van der Waals surface area contributed by atoms with Crippen LogP contribution in [0.5, 0.6) is 0 Å². The van der Waals surface area contributed by atoms with Crippen molar-refractivity contribution in [3.63, 3.8) is 0 Å². The van der Waals surface area contributed by atoms with Crippen molar-refractivity contribution in [1.82, 2.24) is 45.6 Å². The molecule has 4 amide bonds. The number of fused-ring (bicyclic) bond motifs is 2. The van der Waals surface area contributed by atoms with Crippen molar-refractivity contribution in [2.45, 2.75) is 115 Å². The third-order valence-corrected chi connectivity index (χ3v) is 12.5. The Morgan fingerprint density at radius 3 is 2.05 bits per heavy atom. The van der Waals surface area contributed by atoms with Gasteiger partial charge in [-0.2, -0.15) is 0 Å². The van der Waals surface area contributed by atoms with E-state index in [1.165, 1.54) is 34.1 Å². The normalized spacial score (nSPS) is 22.7. The van der Waals surface area contributed by atoms with Crippen LogP contribution in [0.1, 0.15) is 58.9 Å². The van der Waals surface area contributed by atoms with Gasteiger partial charge in [-0.25, -0.2) is 22.5 Å². The van der Waals surface area contributed by atoms with Crippen LogP contribution >= 0.6 is 0 Å². The van der Waals surface area contributed by atoms with Gasteiger partial charge in [-0.1, -0.05) is 13.8 Å². The number of likely N-dealkylation sites (N-methyl/N-ethyl adjacent to an activating group) is 2. The maximum atomic E-state index is 15.5. The Balaban J connectivity index is 1.27. The second-order valence-electron chi connectivity index (χ2n) is 17.1. The first-order chi connectivity index (χ1) is 28.6. The number of hydrogen-bond acceptors (Lipinski definition) is 7. The summed E-state index contributed by atoms with van der Waals surface area (Å²) in [5.74, 6) is -2.63. The third-order valence-electron chi connectivity index (χ3n) is 12.5. The molecule has 4 heterocycles. The molecule has 3 aliphatic rings.